The number of amides is 1. The van der Waals surface area contributed by atoms with E-state index in [1.165, 1.54) is 12.1 Å². The normalized spacial score (nSPS) is 19.0. The Hall–Kier alpha value is -1.01. The Morgan fingerprint density at radius 2 is 1.91 bits per heavy atom. The minimum absolute atomic E-state index is 0.111. The van der Waals surface area contributed by atoms with E-state index in [2.05, 4.69) is 5.32 Å². The van der Waals surface area contributed by atoms with Gasteiger partial charge in [0, 0.05) is 6.54 Å². The first-order valence-electron chi connectivity index (χ1n) is 6.76. The van der Waals surface area contributed by atoms with Crippen LogP contribution in [0.25, 0.3) is 0 Å². The van der Waals surface area contributed by atoms with Crippen LogP contribution in [-0.4, -0.2) is 41.5 Å². The average molecular weight is 366 g/mol. The lowest BCUT2D eigenvalue weighted by Gasteiger charge is -2.29. The zero-order valence-corrected chi connectivity index (χ0v) is 13.9. The summed E-state index contributed by atoms with van der Waals surface area (Å²) in [5.41, 5.74) is 0.382. The molecule has 1 amide bonds. The zero-order chi connectivity index (χ0) is 16.3. The molecule has 1 aliphatic rings. The third-order valence-electron chi connectivity index (χ3n) is 3.51. The molecule has 1 heterocycles. The van der Waals surface area contributed by atoms with Crippen molar-refractivity contribution >= 4 is 52.4 Å². The van der Waals surface area contributed by atoms with Crippen LogP contribution in [0.5, 0.6) is 0 Å². The van der Waals surface area contributed by atoms with E-state index in [1.807, 2.05) is 4.90 Å². The number of hydrogen-bond donors (Lipinski definition) is 2. The summed E-state index contributed by atoms with van der Waals surface area (Å²) >= 11 is 17.7. The molecule has 120 valence electrons. The Balaban J connectivity index is 1.96. The number of benzene rings is 1. The average Bonchev–Trinajstić information content (AvgIpc) is 2.45. The molecule has 2 rings (SSSR count). The maximum absolute atomic E-state index is 12.1. The van der Waals surface area contributed by atoms with Crippen molar-refractivity contribution in [2.45, 2.75) is 12.8 Å². The molecule has 1 aromatic carbocycles. The first-order chi connectivity index (χ1) is 10.4. The van der Waals surface area contributed by atoms with Crippen LogP contribution in [0.1, 0.15) is 12.8 Å². The molecule has 0 aliphatic carbocycles. The van der Waals surface area contributed by atoms with E-state index in [-0.39, 0.29) is 12.5 Å². The predicted molar refractivity (Wildman–Crippen MR) is 86.9 cm³/mol. The molecule has 0 saturated carbocycles. The molecule has 0 bridgehead atoms. The SMILES string of the molecule is O=C(CN1CCCC(C(=O)O)C1)Nc1cc(Cl)c(Cl)cc1Cl. The summed E-state index contributed by atoms with van der Waals surface area (Å²) < 4.78 is 0. The second-order valence-electron chi connectivity index (χ2n) is 5.21. The van der Waals surface area contributed by atoms with Crippen LogP contribution >= 0.6 is 34.8 Å². The number of piperidine rings is 1. The Morgan fingerprint density at radius 1 is 1.23 bits per heavy atom. The fourth-order valence-corrected chi connectivity index (χ4v) is 3.01. The van der Waals surface area contributed by atoms with Gasteiger partial charge in [0.1, 0.15) is 0 Å². The second-order valence-corrected chi connectivity index (χ2v) is 6.43. The van der Waals surface area contributed by atoms with Crippen molar-refractivity contribution in [1.82, 2.24) is 4.90 Å². The van der Waals surface area contributed by atoms with Crippen molar-refractivity contribution in [3.63, 3.8) is 0 Å². The number of anilines is 1. The van der Waals surface area contributed by atoms with Gasteiger partial charge in [0.2, 0.25) is 5.91 Å². The van der Waals surface area contributed by atoms with Crippen molar-refractivity contribution in [2.75, 3.05) is 25.0 Å². The molecule has 1 atom stereocenters. The zero-order valence-electron chi connectivity index (χ0n) is 11.6. The van der Waals surface area contributed by atoms with Crippen molar-refractivity contribution in [2.24, 2.45) is 5.92 Å². The molecule has 1 fully saturated rings. The molecule has 1 aliphatic heterocycles. The summed E-state index contributed by atoms with van der Waals surface area (Å²) in [6.45, 7) is 1.19. The van der Waals surface area contributed by atoms with Gasteiger partial charge in [-0.05, 0) is 31.5 Å². The van der Waals surface area contributed by atoms with Gasteiger partial charge in [-0.15, -0.1) is 0 Å². The largest absolute Gasteiger partial charge is 0.481 e. The van der Waals surface area contributed by atoms with Crippen molar-refractivity contribution in [1.29, 1.82) is 0 Å². The van der Waals surface area contributed by atoms with Crippen molar-refractivity contribution < 1.29 is 14.7 Å². The van der Waals surface area contributed by atoms with Crippen LogP contribution in [-0.2, 0) is 9.59 Å². The number of nitrogens with one attached hydrogen (secondary N) is 1. The summed E-state index contributed by atoms with van der Waals surface area (Å²) in [5, 5.41) is 12.6. The molecule has 0 aromatic heterocycles. The number of carboxylic acids is 1. The lowest BCUT2D eigenvalue weighted by atomic mass is 9.98. The summed E-state index contributed by atoms with van der Waals surface area (Å²) in [6, 6.07) is 2.95. The Morgan fingerprint density at radius 3 is 2.59 bits per heavy atom. The van der Waals surface area contributed by atoms with Gasteiger partial charge < -0.3 is 10.4 Å². The van der Waals surface area contributed by atoms with E-state index in [4.69, 9.17) is 39.9 Å². The molecule has 0 spiro atoms. The summed E-state index contributed by atoms with van der Waals surface area (Å²) in [7, 11) is 0. The molecular formula is C14H15Cl3N2O3. The van der Waals surface area contributed by atoms with Crippen LogP contribution in [0.2, 0.25) is 15.1 Å². The van der Waals surface area contributed by atoms with E-state index < -0.39 is 11.9 Å². The van der Waals surface area contributed by atoms with Gasteiger partial charge >= 0.3 is 5.97 Å². The van der Waals surface area contributed by atoms with E-state index >= 15 is 0 Å². The van der Waals surface area contributed by atoms with E-state index in [1.54, 1.807) is 0 Å². The van der Waals surface area contributed by atoms with Crippen LogP contribution < -0.4 is 5.32 Å². The Kier molecular flexibility index (Phi) is 5.92. The molecule has 22 heavy (non-hydrogen) atoms. The maximum atomic E-state index is 12.1. The monoisotopic (exact) mass is 364 g/mol. The lowest BCUT2D eigenvalue weighted by Crippen LogP contribution is -2.42. The van der Waals surface area contributed by atoms with Gasteiger partial charge in [-0.3, -0.25) is 14.5 Å². The van der Waals surface area contributed by atoms with Gasteiger partial charge in [-0.1, -0.05) is 34.8 Å². The van der Waals surface area contributed by atoms with E-state index in [0.29, 0.717) is 40.3 Å². The molecule has 2 N–H and O–H groups in total. The number of rotatable bonds is 4. The highest BCUT2D eigenvalue weighted by molar-refractivity contribution is 6.44. The van der Waals surface area contributed by atoms with E-state index in [9.17, 15) is 9.59 Å². The predicted octanol–water partition coefficient (Wildman–Crippen LogP) is 3.38. The number of likely N-dealkylation sites (tertiary alicyclic amines) is 1. The second kappa shape index (κ2) is 7.51. The van der Waals surface area contributed by atoms with Gasteiger partial charge in [0.15, 0.2) is 0 Å². The third kappa shape index (κ3) is 4.49. The highest BCUT2D eigenvalue weighted by atomic mass is 35.5. The molecule has 8 heteroatoms. The summed E-state index contributed by atoms with van der Waals surface area (Å²) in [4.78, 5) is 24.9. The number of halogens is 3. The molecule has 5 nitrogen and oxygen atoms in total. The van der Waals surface area contributed by atoms with E-state index in [0.717, 1.165) is 6.42 Å². The maximum Gasteiger partial charge on any atom is 0.307 e. The van der Waals surface area contributed by atoms with Gasteiger partial charge in [-0.25, -0.2) is 0 Å². The highest BCUT2D eigenvalue weighted by Gasteiger charge is 2.26. The van der Waals surface area contributed by atoms with Gasteiger partial charge in [0.05, 0.1) is 33.2 Å². The first-order valence-corrected chi connectivity index (χ1v) is 7.89. The summed E-state index contributed by atoms with van der Waals surface area (Å²) in [6.07, 6.45) is 1.41. The first kappa shape index (κ1) is 17.3. The molecule has 0 radical (unpaired) electrons. The highest BCUT2D eigenvalue weighted by Crippen LogP contribution is 2.32. The Bertz CT molecular complexity index is 595. The lowest BCUT2D eigenvalue weighted by molar-refractivity contribution is -0.144. The van der Waals surface area contributed by atoms with Crippen molar-refractivity contribution in [3.8, 4) is 0 Å². The van der Waals surface area contributed by atoms with Crippen LogP contribution in [0, 0.1) is 5.92 Å². The Labute approximate surface area is 143 Å². The number of nitrogens with zero attached hydrogens (tertiary/aromatic N) is 1. The van der Waals surface area contributed by atoms with Crippen molar-refractivity contribution in [3.05, 3.63) is 27.2 Å². The summed E-state index contributed by atoms with van der Waals surface area (Å²) in [5.74, 6) is -1.51. The van der Waals surface area contributed by atoms with Crippen LogP contribution in [0.15, 0.2) is 12.1 Å². The number of carbonyl (C=O) groups excluding carboxylic acids is 1. The van der Waals surface area contributed by atoms with Crippen LogP contribution in [0.3, 0.4) is 0 Å². The quantitative estimate of drug-likeness (QED) is 0.803. The van der Waals surface area contributed by atoms with Crippen LogP contribution in [0.4, 0.5) is 5.69 Å². The fourth-order valence-electron chi connectivity index (χ4n) is 2.41. The smallest absolute Gasteiger partial charge is 0.307 e. The minimum Gasteiger partial charge on any atom is -0.481 e. The number of carbonyl (C=O) groups is 2. The molecule has 1 unspecified atom stereocenters. The number of hydrogen-bond acceptors (Lipinski definition) is 3. The minimum atomic E-state index is -0.822. The third-order valence-corrected chi connectivity index (χ3v) is 4.54. The molecule has 1 aromatic rings. The topological polar surface area (TPSA) is 69.6 Å². The molecule has 1 saturated heterocycles. The van der Waals surface area contributed by atoms with Gasteiger partial charge in [-0.2, -0.15) is 0 Å². The number of aliphatic carboxylic acids is 1. The standard InChI is InChI=1S/C14H15Cl3N2O3/c15-9-4-11(17)12(5-10(9)16)18-13(20)7-19-3-1-2-8(6-19)14(21)22/h4-5,8H,1-3,6-7H2,(H,18,20)(H,21,22). The number of carboxylic acid groups (broad SMARTS) is 1. The van der Waals surface area contributed by atoms with Gasteiger partial charge in [0.25, 0.3) is 0 Å². The molecular weight excluding hydrogens is 351 g/mol. The fraction of sp³-hybridized carbons (Fsp3) is 0.429.